The number of benzene rings is 1. The molecule has 1 fully saturated rings. The highest BCUT2D eigenvalue weighted by Crippen LogP contribution is 2.35. The third-order valence-electron chi connectivity index (χ3n) is 3.79. The second-order valence-corrected chi connectivity index (χ2v) is 6.71. The van der Waals surface area contributed by atoms with Gasteiger partial charge >= 0.3 is 0 Å². The van der Waals surface area contributed by atoms with E-state index >= 15 is 0 Å². The van der Waals surface area contributed by atoms with Gasteiger partial charge in [0.2, 0.25) is 0 Å². The van der Waals surface area contributed by atoms with E-state index in [0.29, 0.717) is 11.3 Å². The molecule has 0 bridgehead atoms. The van der Waals surface area contributed by atoms with Gasteiger partial charge in [0.15, 0.2) is 0 Å². The summed E-state index contributed by atoms with van der Waals surface area (Å²) in [6.07, 6.45) is 4.32. The summed E-state index contributed by atoms with van der Waals surface area (Å²) in [7, 11) is 0. The van der Waals surface area contributed by atoms with Gasteiger partial charge in [-0.25, -0.2) is 0 Å². The number of nitrogens with one attached hydrogen (secondary N) is 1. The van der Waals surface area contributed by atoms with Gasteiger partial charge in [-0.05, 0) is 56.8 Å². The molecule has 1 aliphatic rings. The SMILES string of the molecule is CCCNC(C)c1ccc(SC2CCCC2O)cc1. The van der Waals surface area contributed by atoms with E-state index in [-0.39, 0.29) is 6.10 Å². The maximum absolute atomic E-state index is 9.86. The van der Waals surface area contributed by atoms with Gasteiger partial charge in [0, 0.05) is 16.2 Å². The summed E-state index contributed by atoms with van der Waals surface area (Å²) in [4.78, 5) is 1.28. The fourth-order valence-electron chi connectivity index (χ4n) is 2.53. The van der Waals surface area contributed by atoms with Crippen LogP contribution in [0.3, 0.4) is 0 Å². The number of rotatable bonds is 6. The highest BCUT2D eigenvalue weighted by atomic mass is 32.2. The first-order valence-corrected chi connectivity index (χ1v) is 8.26. The van der Waals surface area contributed by atoms with Gasteiger partial charge < -0.3 is 10.4 Å². The molecule has 3 atom stereocenters. The van der Waals surface area contributed by atoms with Crippen molar-refractivity contribution in [3.8, 4) is 0 Å². The van der Waals surface area contributed by atoms with Crippen LogP contribution in [0, 0.1) is 0 Å². The molecule has 2 rings (SSSR count). The molecule has 1 aromatic rings. The molecule has 2 N–H and O–H groups in total. The number of hydrogen-bond donors (Lipinski definition) is 2. The molecule has 0 heterocycles. The minimum Gasteiger partial charge on any atom is -0.392 e. The molecule has 0 aromatic heterocycles. The van der Waals surface area contributed by atoms with E-state index in [9.17, 15) is 5.11 Å². The fourth-order valence-corrected chi connectivity index (χ4v) is 3.75. The van der Waals surface area contributed by atoms with Gasteiger partial charge in [-0.3, -0.25) is 0 Å². The lowest BCUT2D eigenvalue weighted by molar-refractivity contribution is 0.188. The van der Waals surface area contributed by atoms with E-state index in [4.69, 9.17) is 0 Å². The summed E-state index contributed by atoms with van der Waals surface area (Å²) in [6, 6.07) is 9.20. The molecule has 106 valence electrons. The van der Waals surface area contributed by atoms with Crippen LogP contribution in [0.5, 0.6) is 0 Å². The van der Waals surface area contributed by atoms with Crippen molar-refractivity contribution in [3.05, 3.63) is 29.8 Å². The van der Waals surface area contributed by atoms with Gasteiger partial charge in [-0.1, -0.05) is 19.1 Å². The molecule has 0 amide bonds. The Balaban J connectivity index is 1.90. The van der Waals surface area contributed by atoms with E-state index in [1.807, 2.05) is 11.8 Å². The van der Waals surface area contributed by atoms with Gasteiger partial charge in [0.1, 0.15) is 0 Å². The zero-order valence-electron chi connectivity index (χ0n) is 11.9. The molecule has 3 unspecified atom stereocenters. The number of thioether (sulfide) groups is 1. The van der Waals surface area contributed by atoms with Gasteiger partial charge in [0.25, 0.3) is 0 Å². The number of hydrogen-bond acceptors (Lipinski definition) is 3. The van der Waals surface area contributed by atoms with E-state index in [1.54, 1.807) is 0 Å². The van der Waals surface area contributed by atoms with Crippen molar-refractivity contribution in [2.24, 2.45) is 0 Å². The molecular weight excluding hydrogens is 254 g/mol. The molecule has 1 saturated carbocycles. The Hall–Kier alpha value is -0.510. The van der Waals surface area contributed by atoms with E-state index in [0.717, 1.165) is 32.2 Å². The molecule has 0 spiro atoms. The van der Waals surface area contributed by atoms with E-state index in [1.165, 1.54) is 10.5 Å². The van der Waals surface area contributed by atoms with Crippen LogP contribution in [0.4, 0.5) is 0 Å². The Morgan fingerprint density at radius 2 is 2.05 bits per heavy atom. The molecule has 0 radical (unpaired) electrons. The monoisotopic (exact) mass is 279 g/mol. The summed E-state index contributed by atoms with van der Waals surface area (Å²) < 4.78 is 0. The molecule has 3 heteroatoms. The van der Waals surface area contributed by atoms with Crippen LogP contribution in [-0.2, 0) is 0 Å². The maximum Gasteiger partial charge on any atom is 0.0662 e. The molecule has 19 heavy (non-hydrogen) atoms. The van der Waals surface area contributed by atoms with Crippen molar-refractivity contribution in [3.63, 3.8) is 0 Å². The molecular formula is C16H25NOS. The predicted molar refractivity (Wildman–Crippen MR) is 82.7 cm³/mol. The minimum atomic E-state index is -0.116. The van der Waals surface area contributed by atoms with Gasteiger partial charge in [-0.15, -0.1) is 11.8 Å². The summed E-state index contributed by atoms with van der Waals surface area (Å²) >= 11 is 1.83. The predicted octanol–water partition coefficient (Wildman–Crippen LogP) is 3.75. The van der Waals surface area contributed by atoms with Crippen molar-refractivity contribution < 1.29 is 5.11 Å². The Morgan fingerprint density at radius 3 is 2.63 bits per heavy atom. The summed E-state index contributed by atoms with van der Waals surface area (Å²) in [5.74, 6) is 0. The van der Waals surface area contributed by atoms with Crippen molar-refractivity contribution in [2.75, 3.05) is 6.54 Å². The maximum atomic E-state index is 9.86. The minimum absolute atomic E-state index is 0.116. The Kier molecular flexibility index (Phi) is 5.74. The Labute approximate surface area is 121 Å². The van der Waals surface area contributed by atoms with E-state index < -0.39 is 0 Å². The van der Waals surface area contributed by atoms with Gasteiger partial charge in [-0.2, -0.15) is 0 Å². The molecule has 1 aliphatic carbocycles. The second-order valence-electron chi connectivity index (χ2n) is 5.40. The molecule has 2 nitrogen and oxygen atoms in total. The van der Waals surface area contributed by atoms with Crippen LogP contribution in [-0.4, -0.2) is 23.0 Å². The van der Waals surface area contributed by atoms with Crippen molar-refractivity contribution >= 4 is 11.8 Å². The standard InChI is InChI=1S/C16H25NOS/c1-3-11-17-12(2)13-7-9-14(10-8-13)19-16-6-4-5-15(16)18/h7-10,12,15-18H,3-6,11H2,1-2H3. The highest BCUT2D eigenvalue weighted by molar-refractivity contribution is 8.00. The van der Waals surface area contributed by atoms with E-state index in [2.05, 4.69) is 43.4 Å². The average molecular weight is 279 g/mol. The molecule has 1 aromatic carbocycles. The van der Waals surface area contributed by atoms with Crippen molar-refractivity contribution in [1.29, 1.82) is 0 Å². The lowest BCUT2D eigenvalue weighted by atomic mass is 10.1. The molecule has 0 aliphatic heterocycles. The third kappa shape index (κ3) is 4.23. The van der Waals surface area contributed by atoms with Crippen LogP contribution >= 0.6 is 11.8 Å². The first-order chi connectivity index (χ1) is 9.20. The summed E-state index contributed by atoms with van der Waals surface area (Å²) in [6.45, 7) is 5.46. The van der Waals surface area contributed by atoms with Crippen molar-refractivity contribution in [2.45, 2.75) is 61.8 Å². The number of aliphatic hydroxyl groups is 1. The Bertz CT molecular complexity index is 379. The van der Waals surface area contributed by atoms with Crippen LogP contribution in [0.2, 0.25) is 0 Å². The lowest BCUT2D eigenvalue weighted by Crippen LogP contribution is -2.19. The fraction of sp³-hybridized carbons (Fsp3) is 0.625. The average Bonchev–Trinajstić information content (AvgIpc) is 2.82. The zero-order valence-corrected chi connectivity index (χ0v) is 12.7. The largest absolute Gasteiger partial charge is 0.392 e. The normalized spacial score (nSPS) is 24.6. The quantitative estimate of drug-likeness (QED) is 0.832. The smallest absolute Gasteiger partial charge is 0.0662 e. The highest BCUT2D eigenvalue weighted by Gasteiger charge is 2.25. The third-order valence-corrected chi connectivity index (χ3v) is 5.18. The molecule has 0 saturated heterocycles. The zero-order chi connectivity index (χ0) is 13.7. The first kappa shape index (κ1) is 14.9. The first-order valence-electron chi connectivity index (χ1n) is 7.38. The summed E-state index contributed by atoms with van der Waals surface area (Å²) in [5.41, 5.74) is 1.34. The van der Waals surface area contributed by atoms with Crippen LogP contribution in [0.1, 0.15) is 51.1 Å². The topological polar surface area (TPSA) is 32.3 Å². The van der Waals surface area contributed by atoms with Crippen LogP contribution in [0.15, 0.2) is 29.2 Å². The van der Waals surface area contributed by atoms with Crippen LogP contribution < -0.4 is 5.32 Å². The lowest BCUT2D eigenvalue weighted by Gasteiger charge is -2.16. The summed E-state index contributed by atoms with van der Waals surface area (Å²) in [5, 5.41) is 13.8. The second kappa shape index (κ2) is 7.32. The van der Waals surface area contributed by atoms with Gasteiger partial charge in [0.05, 0.1) is 6.10 Å². The Morgan fingerprint density at radius 1 is 1.32 bits per heavy atom. The van der Waals surface area contributed by atoms with Crippen molar-refractivity contribution in [1.82, 2.24) is 5.32 Å². The number of aliphatic hydroxyl groups excluding tert-OH is 1. The van der Waals surface area contributed by atoms with Crippen LogP contribution in [0.25, 0.3) is 0 Å².